The Morgan fingerprint density at radius 3 is 2.52 bits per heavy atom. The molecule has 2 aliphatic rings. The fourth-order valence-electron chi connectivity index (χ4n) is 5.24. The summed E-state index contributed by atoms with van der Waals surface area (Å²) in [5, 5.41) is 1.26. The molecule has 1 saturated carbocycles. The van der Waals surface area contributed by atoms with Gasteiger partial charge in [0.2, 0.25) is 0 Å². The molecule has 29 heavy (non-hydrogen) atoms. The van der Waals surface area contributed by atoms with Crippen molar-refractivity contribution in [3.63, 3.8) is 0 Å². The van der Waals surface area contributed by atoms with Crippen LogP contribution in [0.1, 0.15) is 31.2 Å². The van der Waals surface area contributed by atoms with Crippen LogP contribution < -0.4 is 0 Å². The summed E-state index contributed by atoms with van der Waals surface area (Å²) < 4.78 is 13.9. The van der Waals surface area contributed by atoms with Crippen LogP contribution in [-0.4, -0.2) is 53.5 Å². The monoisotopic (exact) mass is 391 g/mol. The second-order valence-corrected chi connectivity index (χ2v) is 8.60. The highest BCUT2D eigenvalue weighted by Gasteiger charge is 2.26. The number of hydrogen-bond acceptors (Lipinski definition) is 2. The first-order valence-corrected chi connectivity index (χ1v) is 11.1. The number of nitrogens with zero attached hydrogens (tertiary/aromatic N) is 2. The molecule has 1 aromatic heterocycles. The normalized spacial score (nSPS) is 19.3. The number of nitrogens with one attached hydrogen (secondary N) is 1. The molecule has 2 heterocycles. The van der Waals surface area contributed by atoms with Gasteiger partial charge in [-0.1, -0.05) is 43.2 Å². The Hall–Kier alpha value is -2.17. The van der Waals surface area contributed by atoms with E-state index in [1.807, 2.05) is 6.07 Å². The molecule has 2 aromatic carbocycles. The molecule has 0 atom stereocenters. The summed E-state index contributed by atoms with van der Waals surface area (Å²) in [4.78, 5) is 8.86. The van der Waals surface area contributed by atoms with Crippen LogP contribution in [0, 0.1) is 5.82 Å². The minimum atomic E-state index is -0.185. The molecule has 0 spiro atoms. The van der Waals surface area contributed by atoms with Crippen molar-refractivity contribution in [3.05, 3.63) is 59.9 Å². The summed E-state index contributed by atoms with van der Waals surface area (Å²) in [5.74, 6) is -0.185. The lowest BCUT2D eigenvalue weighted by molar-refractivity contribution is 0.0987. The van der Waals surface area contributed by atoms with E-state index >= 15 is 0 Å². The molecule has 1 aliphatic carbocycles. The van der Waals surface area contributed by atoms with Gasteiger partial charge in [-0.2, -0.15) is 0 Å². The SMILES string of the molecule is Fc1cccc(-c2[nH]c3ccccc3c2CCN2CCN(C3CCCC3)CC2)c1. The predicted octanol–water partition coefficient (Wildman–Crippen LogP) is 5.08. The van der Waals surface area contributed by atoms with Crippen molar-refractivity contribution < 1.29 is 4.39 Å². The number of para-hydroxylation sites is 1. The summed E-state index contributed by atoms with van der Waals surface area (Å²) in [7, 11) is 0. The molecule has 2 fully saturated rings. The lowest BCUT2D eigenvalue weighted by atomic mass is 10.0. The number of halogens is 1. The van der Waals surface area contributed by atoms with E-state index in [1.165, 1.54) is 55.8 Å². The zero-order chi connectivity index (χ0) is 19.6. The van der Waals surface area contributed by atoms with Crippen LogP contribution in [0.15, 0.2) is 48.5 Å². The van der Waals surface area contributed by atoms with Gasteiger partial charge in [-0.05, 0) is 43.0 Å². The van der Waals surface area contributed by atoms with E-state index in [4.69, 9.17) is 0 Å². The molecule has 5 rings (SSSR count). The van der Waals surface area contributed by atoms with Crippen LogP contribution in [0.3, 0.4) is 0 Å². The second-order valence-electron chi connectivity index (χ2n) is 8.60. The van der Waals surface area contributed by atoms with Gasteiger partial charge in [-0.15, -0.1) is 0 Å². The van der Waals surface area contributed by atoms with E-state index in [9.17, 15) is 4.39 Å². The predicted molar refractivity (Wildman–Crippen MR) is 118 cm³/mol. The summed E-state index contributed by atoms with van der Waals surface area (Å²) >= 11 is 0. The van der Waals surface area contributed by atoms with Crippen molar-refractivity contribution >= 4 is 10.9 Å². The minimum Gasteiger partial charge on any atom is -0.354 e. The number of H-pyrrole nitrogens is 1. The third-order valence-electron chi connectivity index (χ3n) is 6.85. The van der Waals surface area contributed by atoms with Crippen molar-refractivity contribution in [2.45, 2.75) is 38.1 Å². The topological polar surface area (TPSA) is 22.3 Å². The van der Waals surface area contributed by atoms with E-state index in [2.05, 4.69) is 39.0 Å². The van der Waals surface area contributed by atoms with Crippen LogP contribution in [0.5, 0.6) is 0 Å². The second kappa shape index (κ2) is 8.29. The zero-order valence-electron chi connectivity index (χ0n) is 17.0. The number of fused-ring (bicyclic) bond motifs is 1. The number of benzene rings is 2. The third-order valence-corrected chi connectivity index (χ3v) is 6.85. The van der Waals surface area contributed by atoms with Crippen LogP contribution in [0.25, 0.3) is 22.2 Å². The van der Waals surface area contributed by atoms with Gasteiger partial charge in [0.15, 0.2) is 0 Å². The van der Waals surface area contributed by atoms with Gasteiger partial charge < -0.3 is 9.88 Å². The largest absolute Gasteiger partial charge is 0.354 e. The molecular weight excluding hydrogens is 361 g/mol. The van der Waals surface area contributed by atoms with Gasteiger partial charge in [0.05, 0.1) is 0 Å². The molecule has 1 N–H and O–H groups in total. The third kappa shape index (κ3) is 3.96. The Bertz CT molecular complexity index is 965. The molecule has 0 bridgehead atoms. The molecule has 1 saturated heterocycles. The van der Waals surface area contributed by atoms with E-state index in [0.29, 0.717) is 0 Å². The van der Waals surface area contributed by atoms with E-state index in [0.717, 1.165) is 48.9 Å². The molecule has 3 aromatic rings. The summed E-state index contributed by atoms with van der Waals surface area (Å²) in [6.07, 6.45) is 6.60. The van der Waals surface area contributed by atoms with Crippen molar-refractivity contribution in [1.29, 1.82) is 0 Å². The van der Waals surface area contributed by atoms with Gasteiger partial charge in [0.1, 0.15) is 5.82 Å². The van der Waals surface area contributed by atoms with E-state index in [-0.39, 0.29) is 5.82 Å². The van der Waals surface area contributed by atoms with Crippen molar-refractivity contribution in [3.8, 4) is 11.3 Å². The number of rotatable bonds is 5. The summed E-state index contributed by atoms with van der Waals surface area (Å²) in [5.41, 5.74) is 4.44. The molecule has 4 heteroatoms. The highest BCUT2D eigenvalue weighted by atomic mass is 19.1. The van der Waals surface area contributed by atoms with E-state index < -0.39 is 0 Å². The van der Waals surface area contributed by atoms with Crippen LogP contribution in [0.2, 0.25) is 0 Å². The number of hydrogen-bond donors (Lipinski definition) is 1. The average Bonchev–Trinajstić information content (AvgIpc) is 3.41. The zero-order valence-corrected chi connectivity index (χ0v) is 17.0. The van der Waals surface area contributed by atoms with E-state index in [1.54, 1.807) is 12.1 Å². The molecule has 0 unspecified atom stereocenters. The maximum atomic E-state index is 13.9. The summed E-state index contributed by atoms with van der Waals surface area (Å²) in [6.45, 7) is 5.79. The quantitative estimate of drug-likeness (QED) is 0.655. The number of piperazine rings is 1. The molecule has 0 amide bonds. The van der Waals surface area contributed by atoms with Gasteiger partial charge in [0.25, 0.3) is 0 Å². The Kier molecular flexibility index (Phi) is 5.38. The van der Waals surface area contributed by atoms with Crippen molar-refractivity contribution in [1.82, 2.24) is 14.8 Å². The van der Waals surface area contributed by atoms with Crippen molar-refractivity contribution in [2.75, 3.05) is 32.7 Å². The van der Waals surface area contributed by atoms with Gasteiger partial charge in [0, 0.05) is 60.9 Å². The highest BCUT2D eigenvalue weighted by molar-refractivity contribution is 5.90. The summed E-state index contributed by atoms with van der Waals surface area (Å²) in [6, 6.07) is 16.2. The molecular formula is C25H30FN3. The van der Waals surface area contributed by atoms with Crippen LogP contribution >= 0.6 is 0 Å². The van der Waals surface area contributed by atoms with Crippen LogP contribution in [-0.2, 0) is 6.42 Å². The number of aromatic nitrogens is 1. The standard InChI is InChI=1S/C25H30FN3/c26-20-7-5-6-19(18-20)25-23(22-10-3-4-11-24(22)27-25)12-13-28-14-16-29(17-15-28)21-8-1-2-9-21/h3-7,10-11,18,21,27H,1-2,8-9,12-17H2. The average molecular weight is 392 g/mol. The number of aromatic amines is 1. The molecule has 0 radical (unpaired) electrons. The Labute approximate surface area is 172 Å². The first kappa shape index (κ1) is 18.8. The highest BCUT2D eigenvalue weighted by Crippen LogP contribution is 2.31. The van der Waals surface area contributed by atoms with Crippen LogP contribution in [0.4, 0.5) is 4.39 Å². The lowest BCUT2D eigenvalue weighted by Gasteiger charge is -2.38. The fraction of sp³-hybridized carbons (Fsp3) is 0.440. The van der Waals surface area contributed by atoms with Gasteiger partial charge in [-0.3, -0.25) is 4.90 Å². The molecule has 1 aliphatic heterocycles. The first-order chi connectivity index (χ1) is 14.3. The minimum absolute atomic E-state index is 0.185. The molecule has 152 valence electrons. The smallest absolute Gasteiger partial charge is 0.123 e. The van der Waals surface area contributed by atoms with Gasteiger partial charge >= 0.3 is 0 Å². The van der Waals surface area contributed by atoms with Gasteiger partial charge in [-0.25, -0.2) is 4.39 Å². The maximum absolute atomic E-state index is 13.9. The lowest BCUT2D eigenvalue weighted by Crippen LogP contribution is -2.50. The van der Waals surface area contributed by atoms with Crippen molar-refractivity contribution in [2.24, 2.45) is 0 Å². The Morgan fingerprint density at radius 1 is 0.931 bits per heavy atom. The molecule has 3 nitrogen and oxygen atoms in total. The Balaban J connectivity index is 1.32. The first-order valence-electron chi connectivity index (χ1n) is 11.1. The maximum Gasteiger partial charge on any atom is 0.123 e. The Morgan fingerprint density at radius 2 is 1.72 bits per heavy atom. The fourth-order valence-corrected chi connectivity index (χ4v) is 5.24.